The molecule has 368 valence electrons. The zero-order valence-corrected chi connectivity index (χ0v) is 41.4. The van der Waals surface area contributed by atoms with Crippen LogP contribution in [-0.2, 0) is 47.6 Å². The number of hydrogen-bond acceptors (Lipinski definition) is 12. The number of Topliss-reactive ketones (excluding diaryl/α,β-unsaturated/α-hetero) is 2. The highest BCUT2D eigenvalue weighted by Crippen LogP contribution is 2.38. The number of ketones is 2. The molecule has 0 unspecified atom stereocenters. The summed E-state index contributed by atoms with van der Waals surface area (Å²) in [5.41, 5.74) is 1.55. The van der Waals surface area contributed by atoms with Gasteiger partial charge in [-0.15, -0.1) is 0 Å². The number of allylic oxidation sites excluding steroid dienone is 6. The lowest BCUT2D eigenvalue weighted by molar-refractivity contribution is -0.265. The number of carbonyl (C=O) groups excluding carboxylic acids is 4. The van der Waals surface area contributed by atoms with Crippen LogP contribution in [0.4, 0.5) is 0 Å². The largest absolute Gasteiger partial charge is 0.460 e. The average molecular weight is 914 g/mol. The summed E-state index contributed by atoms with van der Waals surface area (Å²) in [5.74, 6) is -6.14. The van der Waals surface area contributed by atoms with Crippen LogP contribution in [-0.4, -0.2) is 128 Å². The number of carbonyl (C=O) groups is 4. The average Bonchev–Trinajstić information content (AvgIpc) is 3.29. The third-order valence-corrected chi connectivity index (χ3v) is 14.8. The molecule has 4 rings (SSSR count). The number of aliphatic hydroxyl groups excluding tert-OH is 1. The fourth-order valence-corrected chi connectivity index (χ4v) is 10.6. The van der Waals surface area contributed by atoms with Crippen LogP contribution in [0.25, 0.3) is 0 Å². The van der Waals surface area contributed by atoms with E-state index < -0.39 is 65.7 Å². The number of hydrogen-bond donors (Lipinski definition) is 2. The normalized spacial score (nSPS) is 40.4. The smallest absolute Gasteiger partial charge is 0.329 e. The standard InChI is InChI=1S/C52H83NO12/c1-32-17-13-12-14-18-34(3)44(61-9)30-40-22-20-38(7)52(59,65-40)49(56)50(57)53-24-16-15-19-41(53)51(58)64-45(36(5)28-39-21-23-43(60-8)46(29-39)62-10)31-42(54)35(4)27-37(6)48(55)47(63-11)26-33(2)25-32/h12-14,17-18,27,32-33,35-36,38-41,43-48,55,59H,15-16,19-26,28-31H2,1-11H3/b14-12+,17-13+,34-18+,37-27+/t32-,33-,35-,36-,38-,39+,40+,41+,43-,44+,45+,46-,47+,48-,52-/m1/s1. The molecule has 3 aliphatic heterocycles. The summed E-state index contributed by atoms with van der Waals surface area (Å²) in [4.78, 5) is 58.3. The predicted molar refractivity (Wildman–Crippen MR) is 250 cm³/mol. The molecule has 65 heavy (non-hydrogen) atoms. The number of nitrogens with zero attached hydrogens (tertiary/aromatic N) is 1. The summed E-state index contributed by atoms with van der Waals surface area (Å²) in [5, 5.41) is 23.5. The van der Waals surface area contributed by atoms with Crippen molar-refractivity contribution in [3.8, 4) is 0 Å². The van der Waals surface area contributed by atoms with Gasteiger partial charge >= 0.3 is 5.97 Å². The van der Waals surface area contributed by atoms with Crippen LogP contribution in [0, 0.1) is 35.5 Å². The second kappa shape index (κ2) is 25.9. The van der Waals surface area contributed by atoms with Crippen molar-refractivity contribution in [2.45, 2.75) is 186 Å². The minimum Gasteiger partial charge on any atom is -0.460 e. The molecular formula is C52H83NO12. The first-order valence-electron chi connectivity index (χ1n) is 24.3. The van der Waals surface area contributed by atoms with Crippen molar-refractivity contribution in [2.75, 3.05) is 35.0 Å². The molecule has 1 saturated carbocycles. The number of piperidine rings is 1. The van der Waals surface area contributed by atoms with E-state index in [0.717, 1.165) is 31.3 Å². The number of rotatable bonds is 7. The van der Waals surface area contributed by atoms with Crippen LogP contribution in [0.2, 0.25) is 0 Å². The fraction of sp³-hybridized carbons (Fsp3) is 0.769. The molecule has 0 aromatic heterocycles. The van der Waals surface area contributed by atoms with E-state index in [1.54, 1.807) is 48.4 Å². The molecule has 1 aliphatic carbocycles. The molecule has 2 bridgehead atoms. The minimum atomic E-state index is -2.40. The summed E-state index contributed by atoms with van der Waals surface area (Å²) in [6.45, 7) is 13.7. The molecule has 0 spiro atoms. The molecule has 0 aromatic carbocycles. The monoisotopic (exact) mass is 914 g/mol. The Morgan fingerprint density at radius 1 is 0.800 bits per heavy atom. The van der Waals surface area contributed by atoms with Gasteiger partial charge in [0.25, 0.3) is 11.7 Å². The Kier molecular flexibility index (Phi) is 21.8. The van der Waals surface area contributed by atoms with Crippen LogP contribution >= 0.6 is 0 Å². The van der Waals surface area contributed by atoms with Crippen LogP contribution in [0.1, 0.15) is 132 Å². The van der Waals surface area contributed by atoms with Crippen molar-refractivity contribution in [1.82, 2.24) is 4.90 Å². The van der Waals surface area contributed by atoms with Crippen LogP contribution in [0.15, 0.2) is 47.6 Å². The van der Waals surface area contributed by atoms with Crippen molar-refractivity contribution in [3.05, 3.63) is 47.6 Å². The highest BCUT2D eigenvalue weighted by Gasteiger charge is 2.53. The molecule has 15 atom stereocenters. The van der Waals surface area contributed by atoms with E-state index in [9.17, 15) is 29.4 Å². The van der Waals surface area contributed by atoms with Crippen molar-refractivity contribution in [2.24, 2.45) is 35.5 Å². The van der Waals surface area contributed by atoms with Gasteiger partial charge < -0.3 is 43.5 Å². The van der Waals surface area contributed by atoms with Gasteiger partial charge in [-0.05, 0) is 119 Å². The van der Waals surface area contributed by atoms with E-state index in [2.05, 4.69) is 19.9 Å². The van der Waals surface area contributed by atoms with Gasteiger partial charge in [0.05, 0.1) is 30.5 Å². The van der Waals surface area contributed by atoms with Gasteiger partial charge in [0.1, 0.15) is 24.0 Å². The molecule has 13 nitrogen and oxygen atoms in total. The maximum absolute atomic E-state index is 14.4. The lowest BCUT2D eigenvalue weighted by Crippen LogP contribution is -2.61. The quantitative estimate of drug-likeness (QED) is 0.146. The van der Waals surface area contributed by atoms with E-state index in [1.165, 1.54) is 4.90 Å². The van der Waals surface area contributed by atoms with Crippen molar-refractivity contribution < 1.29 is 57.8 Å². The van der Waals surface area contributed by atoms with Gasteiger partial charge in [-0.2, -0.15) is 0 Å². The molecule has 3 heterocycles. The Morgan fingerprint density at radius 3 is 2.18 bits per heavy atom. The zero-order chi connectivity index (χ0) is 48.0. The molecule has 0 radical (unpaired) electrons. The second-order valence-corrected chi connectivity index (χ2v) is 20.0. The van der Waals surface area contributed by atoms with E-state index in [1.807, 2.05) is 45.1 Å². The molecule has 2 saturated heterocycles. The Hall–Kier alpha value is -3.04. The fourth-order valence-electron chi connectivity index (χ4n) is 10.6. The Labute approximate surface area is 389 Å². The molecule has 13 heteroatoms. The summed E-state index contributed by atoms with van der Waals surface area (Å²) >= 11 is 0. The van der Waals surface area contributed by atoms with Gasteiger partial charge in [0.2, 0.25) is 5.79 Å². The highest BCUT2D eigenvalue weighted by molar-refractivity contribution is 6.39. The van der Waals surface area contributed by atoms with Crippen molar-refractivity contribution in [3.63, 3.8) is 0 Å². The van der Waals surface area contributed by atoms with E-state index in [0.29, 0.717) is 50.5 Å². The first kappa shape index (κ1) is 54.6. The minimum absolute atomic E-state index is 0.0103. The Bertz CT molecular complexity index is 1690. The number of esters is 1. The summed E-state index contributed by atoms with van der Waals surface area (Å²) in [7, 11) is 6.58. The molecule has 2 N–H and O–H groups in total. The maximum atomic E-state index is 14.4. The topological polar surface area (TPSA) is 167 Å². The molecular weight excluding hydrogens is 831 g/mol. The predicted octanol–water partition coefficient (Wildman–Crippen LogP) is 7.66. The van der Waals surface area contributed by atoms with Gasteiger partial charge in [0, 0.05) is 59.7 Å². The van der Waals surface area contributed by atoms with Gasteiger partial charge in [0.15, 0.2) is 0 Å². The third kappa shape index (κ3) is 15.0. The number of methoxy groups -OCH3 is 4. The van der Waals surface area contributed by atoms with Gasteiger partial charge in [-0.1, -0.05) is 71.1 Å². The highest BCUT2D eigenvalue weighted by atomic mass is 16.6. The van der Waals surface area contributed by atoms with E-state index in [4.69, 9.17) is 28.4 Å². The number of fused-ring (bicyclic) bond motifs is 3. The third-order valence-electron chi connectivity index (χ3n) is 14.8. The number of aliphatic hydroxyl groups is 2. The number of ether oxygens (including phenoxy) is 6. The van der Waals surface area contributed by atoms with Crippen LogP contribution in [0.3, 0.4) is 0 Å². The lowest BCUT2D eigenvalue weighted by atomic mass is 9.78. The summed E-state index contributed by atoms with van der Waals surface area (Å²) in [6.07, 6.45) is 15.9. The summed E-state index contributed by atoms with van der Waals surface area (Å²) < 4.78 is 35.7. The molecule has 3 fully saturated rings. The zero-order valence-electron chi connectivity index (χ0n) is 41.4. The SMILES string of the molecule is CO[C@H]1C[C@@H]2CC[C@@H](C)[C@@](O)(O2)C(=O)C(=O)N2CCCC[C@H]2C(=O)O[C@H]([C@H](C)C[C@@H]2CC[C@@H](OC)[C@H](OC)C2)CC(=O)[C@H](C)/C=C(\C)[C@@H](O)[C@@H](OC)C[C@H](C)C[C@H](C)/C=C/C=C/C=C/1C. The van der Waals surface area contributed by atoms with Crippen LogP contribution < -0.4 is 0 Å². The van der Waals surface area contributed by atoms with E-state index >= 15 is 0 Å². The molecule has 4 aliphatic rings. The maximum Gasteiger partial charge on any atom is 0.329 e. The van der Waals surface area contributed by atoms with Gasteiger partial charge in [-0.3, -0.25) is 14.4 Å². The van der Waals surface area contributed by atoms with Crippen LogP contribution in [0.5, 0.6) is 0 Å². The Morgan fingerprint density at radius 2 is 1.51 bits per heavy atom. The number of amides is 1. The van der Waals surface area contributed by atoms with Gasteiger partial charge in [-0.25, -0.2) is 4.79 Å². The molecule has 1 amide bonds. The van der Waals surface area contributed by atoms with Crippen molar-refractivity contribution in [1.29, 1.82) is 0 Å². The molecule has 0 aromatic rings. The Balaban J connectivity index is 1.68. The second-order valence-electron chi connectivity index (χ2n) is 20.0. The summed E-state index contributed by atoms with van der Waals surface area (Å²) in [6, 6.07) is -1.09. The lowest BCUT2D eigenvalue weighted by Gasteiger charge is -2.42. The van der Waals surface area contributed by atoms with E-state index in [-0.39, 0.29) is 67.2 Å². The first-order valence-corrected chi connectivity index (χ1v) is 24.3. The number of cyclic esters (lactones) is 1. The van der Waals surface area contributed by atoms with Crippen molar-refractivity contribution >= 4 is 23.4 Å². The first-order chi connectivity index (χ1) is 30.9.